The highest BCUT2D eigenvalue weighted by Gasteiger charge is 2.30. The molecule has 0 saturated heterocycles. The smallest absolute Gasteiger partial charge is 0.416 e. The predicted molar refractivity (Wildman–Crippen MR) is 93.6 cm³/mol. The second kappa shape index (κ2) is 8.70. The van der Waals surface area contributed by atoms with Crippen LogP contribution < -0.4 is 5.32 Å². The normalized spacial score (nSPS) is 12.3. The summed E-state index contributed by atoms with van der Waals surface area (Å²) in [6.45, 7) is 2.99. The van der Waals surface area contributed by atoms with Crippen LogP contribution in [0.1, 0.15) is 41.6 Å². The molecule has 0 bridgehead atoms. The van der Waals surface area contributed by atoms with Gasteiger partial charge in [0.25, 0.3) is 0 Å². The molecule has 0 saturated carbocycles. The van der Waals surface area contributed by atoms with Crippen LogP contribution in [-0.4, -0.2) is 11.9 Å². The number of hydrogen-bond acceptors (Lipinski definition) is 3. The first kappa shape index (κ1) is 20.5. The molecule has 4 nitrogen and oxygen atoms in total. The lowest BCUT2D eigenvalue weighted by molar-refractivity contribution is -0.145. The van der Waals surface area contributed by atoms with E-state index in [1.807, 2.05) is 19.1 Å². The molecule has 1 atom stereocenters. The highest BCUT2D eigenvalue weighted by molar-refractivity contribution is 5.76. The number of aryl methyl sites for hydroxylation is 1. The zero-order valence-corrected chi connectivity index (χ0v) is 15.0. The van der Waals surface area contributed by atoms with Gasteiger partial charge in [0.2, 0.25) is 5.91 Å². The van der Waals surface area contributed by atoms with Gasteiger partial charge in [0.05, 0.1) is 18.0 Å². The van der Waals surface area contributed by atoms with Crippen LogP contribution in [0, 0.1) is 6.92 Å². The number of esters is 1. The lowest BCUT2D eigenvalue weighted by Crippen LogP contribution is -2.28. The summed E-state index contributed by atoms with van der Waals surface area (Å²) in [5, 5.41) is 2.69. The van der Waals surface area contributed by atoms with E-state index in [-0.39, 0.29) is 24.5 Å². The Morgan fingerprint density at radius 2 is 1.78 bits per heavy atom. The van der Waals surface area contributed by atoms with E-state index in [2.05, 4.69) is 5.32 Å². The minimum absolute atomic E-state index is 0.123. The van der Waals surface area contributed by atoms with E-state index in [9.17, 15) is 22.8 Å². The summed E-state index contributed by atoms with van der Waals surface area (Å²) in [6, 6.07) is 11.4. The van der Waals surface area contributed by atoms with Crippen LogP contribution >= 0.6 is 0 Å². The molecule has 0 aliphatic rings. The van der Waals surface area contributed by atoms with Crippen molar-refractivity contribution in [3.05, 3.63) is 70.8 Å². The predicted octanol–water partition coefficient (Wildman–Crippen LogP) is 4.32. The molecule has 1 unspecified atom stereocenters. The zero-order chi connectivity index (χ0) is 20.0. The molecule has 7 heteroatoms. The number of hydrogen-bond donors (Lipinski definition) is 1. The number of ether oxygens (including phenoxy) is 1. The Morgan fingerprint density at radius 3 is 2.37 bits per heavy atom. The molecule has 0 aromatic heterocycles. The average molecular weight is 379 g/mol. The summed E-state index contributed by atoms with van der Waals surface area (Å²) < 4.78 is 43.3. The van der Waals surface area contributed by atoms with E-state index in [0.29, 0.717) is 0 Å². The van der Waals surface area contributed by atoms with Crippen LogP contribution in [0.4, 0.5) is 13.2 Å². The maximum absolute atomic E-state index is 12.7. The molecular formula is C20H20F3NO3. The van der Waals surface area contributed by atoms with Crippen molar-refractivity contribution in [3.8, 4) is 0 Å². The average Bonchev–Trinajstić information content (AvgIpc) is 2.59. The molecule has 0 heterocycles. The molecule has 0 aliphatic heterocycles. The van der Waals surface area contributed by atoms with Crippen molar-refractivity contribution < 1.29 is 27.5 Å². The van der Waals surface area contributed by atoms with Gasteiger partial charge < -0.3 is 10.1 Å². The molecule has 0 fully saturated rings. The Morgan fingerprint density at radius 1 is 1.11 bits per heavy atom. The van der Waals surface area contributed by atoms with Crippen molar-refractivity contribution in [1.82, 2.24) is 5.32 Å². The van der Waals surface area contributed by atoms with Gasteiger partial charge >= 0.3 is 12.1 Å². The molecule has 2 aromatic carbocycles. The summed E-state index contributed by atoms with van der Waals surface area (Å²) in [7, 11) is 0. The molecule has 2 rings (SSSR count). The minimum Gasteiger partial charge on any atom is -0.461 e. The van der Waals surface area contributed by atoms with Gasteiger partial charge in [0.1, 0.15) is 6.61 Å². The van der Waals surface area contributed by atoms with Crippen molar-refractivity contribution in [2.75, 3.05) is 0 Å². The first-order valence-electron chi connectivity index (χ1n) is 8.30. The fraction of sp³-hybridized carbons (Fsp3) is 0.300. The second-order valence-corrected chi connectivity index (χ2v) is 6.23. The number of nitrogens with one attached hydrogen (secondary N) is 1. The Balaban J connectivity index is 2.01. The maximum Gasteiger partial charge on any atom is 0.416 e. The van der Waals surface area contributed by atoms with Gasteiger partial charge in [-0.2, -0.15) is 13.2 Å². The fourth-order valence-electron chi connectivity index (χ4n) is 2.52. The van der Waals surface area contributed by atoms with Crippen molar-refractivity contribution >= 4 is 11.9 Å². The van der Waals surface area contributed by atoms with Crippen LogP contribution in [0.15, 0.2) is 48.5 Å². The summed E-state index contributed by atoms with van der Waals surface area (Å²) in [5.74, 6) is -0.919. The molecule has 1 amide bonds. The number of carbonyl (C=O) groups is 2. The third-order valence-electron chi connectivity index (χ3n) is 3.88. The lowest BCUT2D eigenvalue weighted by Gasteiger charge is -2.18. The van der Waals surface area contributed by atoms with E-state index < -0.39 is 23.8 Å². The molecule has 2 aromatic rings. The first-order valence-corrected chi connectivity index (χ1v) is 8.30. The van der Waals surface area contributed by atoms with E-state index >= 15 is 0 Å². The zero-order valence-electron chi connectivity index (χ0n) is 15.0. The Hall–Kier alpha value is -2.83. The van der Waals surface area contributed by atoms with Crippen LogP contribution in [-0.2, 0) is 27.1 Å². The van der Waals surface area contributed by atoms with Crippen molar-refractivity contribution in [2.45, 2.75) is 39.1 Å². The summed E-state index contributed by atoms with van der Waals surface area (Å²) in [4.78, 5) is 23.6. The van der Waals surface area contributed by atoms with Gasteiger partial charge in [-0.3, -0.25) is 9.59 Å². The van der Waals surface area contributed by atoms with Gasteiger partial charge in [-0.25, -0.2) is 0 Å². The van der Waals surface area contributed by atoms with E-state index in [1.165, 1.54) is 19.1 Å². The second-order valence-electron chi connectivity index (χ2n) is 6.23. The SMILES string of the molecule is CC(=O)NC(CC(=O)OCc1cccc(C(F)(F)F)c1)c1ccc(C)cc1. The van der Waals surface area contributed by atoms with Crippen LogP contribution in [0.3, 0.4) is 0 Å². The third kappa shape index (κ3) is 6.44. The van der Waals surface area contributed by atoms with Crippen molar-refractivity contribution in [3.63, 3.8) is 0 Å². The molecule has 1 N–H and O–H groups in total. The number of amides is 1. The summed E-state index contributed by atoms with van der Waals surface area (Å²) in [5.41, 5.74) is 1.22. The Bertz CT molecular complexity index is 801. The maximum atomic E-state index is 12.7. The summed E-state index contributed by atoms with van der Waals surface area (Å²) >= 11 is 0. The molecule has 0 aliphatic carbocycles. The van der Waals surface area contributed by atoms with Gasteiger partial charge in [-0.1, -0.05) is 42.0 Å². The molecular weight excluding hydrogens is 359 g/mol. The van der Waals surface area contributed by atoms with Gasteiger partial charge in [-0.05, 0) is 30.2 Å². The van der Waals surface area contributed by atoms with Crippen LogP contribution in [0.25, 0.3) is 0 Å². The van der Waals surface area contributed by atoms with Crippen molar-refractivity contribution in [2.24, 2.45) is 0 Å². The fourth-order valence-corrected chi connectivity index (χ4v) is 2.52. The summed E-state index contributed by atoms with van der Waals surface area (Å²) in [6.07, 6.45) is -4.58. The molecule has 0 radical (unpaired) electrons. The first-order chi connectivity index (χ1) is 12.6. The number of rotatable bonds is 6. The minimum atomic E-state index is -4.46. The third-order valence-corrected chi connectivity index (χ3v) is 3.88. The topological polar surface area (TPSA) is 55.4 Å². The van der Waals surface area contributed by atoms with Crippen LogP contribution in [0.2, 0.25) is 0 Å². The van der Waals surface area contributed by atoms with E-state index in [0.717, 1.165) is 23.3 Å². The molecule has 0 spiro atoms. The van der Waals surface area contributed by atoms with Crippen molar-refractivity contribution in [1.29, 1.82) is 0 Å². The highest BCUT2D eigenvalue weighted by Crippen LogP contribution is 2.29. The van der Waals surface area contributed by atoms with E-state index in [1.54, 1.807) is 12.1 Å². The van der Waals surface area contributed by atoms with E-state index in [4.69, 9.17) is 4.74 Å². The van der Waals surface area contributed by atoms with Gasteiger partial charge in [0, 0.05) is 6.92 Å². The quantitative estimate of drug-likeness (QED) is 0.761. The number of benzene rings is 2. The number of halogens is 3. The Kier molecular flexibility index (Phi) is 6.60. The van der Waals surface area contributed by atoms with Crippen LogP contribution in [0.5, 0.6) is 0 Å². The van der Waals surface area contributed by atoms with Gasteiger partial charge in [-0.15, -0.1) is 0 Å². The van der Waals surface area contributed by atoms with Gasteiger partial charge in [0.15, 0.2) is 0 Å². The monoisotopic (exact) mass is 379 g/mol. The molecule has 27 heavy (non-hydrogen) atoms. The standard InChI is InChI=1S/C20H20F3NO3/c1-13-6-8-16(9-7-13)18(24-14(2)25)11-19(26)27-12-15-4-3-5-17(10-15)20(21,22)23/h3-10,18H,11-12H2,1-2H3,(H,24,25). The lowest BCUT2D eigenvalue weighted by atomic mass is 10.0. The highest BCUT2D eigenvalue weighted by atomic mass is 19.4. The number of carbonyl (C=O) groups excluding carboxylic acids is 2. The largest absolute Gasteiger partial charge is 0.461 e. The Labute approximate surface area is 155 Å². The number of alkyl halides is 3. The molecule has 144 valence electrons.